The van der Waals surface area contributed by atoms with E-state index in [-0.39, 0.29) is 0 Å². The number of hydrogen-bond donors (Lipinski definition) is 2. The molecule has 1 aliphatic carbocycles. The summed E-state index contributed by atoms with van der Waals surface area (Å²) in [6.45, 7) is 0.911. The molecule has 1 aromatic carbocycles. The molecule has 3 rings (SSSR count). The summed E-state index contributed by atoms with van der Waals surface area (Å²) in [6.07, 6.45) is 6.29. The summed E-state index contributed by atoms with van der Waals surface area (Å²) >= 11 is 3.47. The number of aromatic amines is 1. The van der Waals surface area contributed by atoms with Crippen LogP contribution in [0, 0.1) is 0 Å². The predicted octanol–water partition coefficient (Wildman–Crippen LogP) is 3.21. The minimum absolute atomic E-state index is 0.647. The van der Waals surface area contributed by atoms with Gasteiger partial charge in [0.25, 0.3) is 0 Å². The molecule has 0 spiro atoms. The Morgan fingerprint density at radius 3 is 2.72 bits per heavy atom. The van der Waals surface area contributed by atoms with Gasteiger partial charge in [0.1, 0.15) is 0 Å². The Kier molecular flexibility index (Phi) is 3.48. The molecule has 1 saturated carbocycles. The summed E-state index contributed by atoms with van der Waals surface area (Å²) in [7, 11) is 0. The van der Waals surface area contributed by atoms with Gasteiger partial charge in [-0.25, -0.2) is 0 Å². The van der Waals surface area contributed by atoms with Crippen LogP contribution < -0.4 is 5.32 Å². The summed E-state index contributed by atoms with van der Waals surface area (Å²) in [6, 6.07) is 9.35. The molecule has 0 amide bonds. The van der Waals surface area contributed by atoms with Crippen molar-refractivity contribution in [2.24, 2.45) is 0 Å². The van der Waals surface area contributed by atoms with Crippen molar-refractivity contribution in [2.45, 2.75) is 31.3 Å². The van der Waals surface area contributed by atoms with E-state index in [1.807, 2.05) is 12.4 Å². The maximum absolute atomic E-state index is 3.95. The molecule has 1 heterocycles. The number of halogens is 1. The van der Waals surface area contributed by atoms with Gasteiger partial charge in [-0.2, -0.15) is 5.10 Å². The SMILES string of the molecule is Brc1ccc(C2CC(NCc3cn[nH]c3)C2)cc1. The van der Waals surface area contributed by atoms with Crippen molar-refractivity contribution >= 4 is 15.9 Å². The van der Waals surface area contributed by atoms with Crippen LogP contribution in [-0.4, -0.2) is 16.2 Å². The summed E-state index contributed by atoms with van der Waals surface area (Å²) in [4.78, 5) is 0. The number of nitrogens with zero attached hydrogens (tertiary/aromatic N) is 1. The van der Waals surface area contributed by atoms with E-state index in [2.05, 4.69) is 55.7 Å². The number of rotatable bonds is 4. The molecule has 1 aliphatic rings. The lowest BCUT2D eigenvalue weighted by Crippen LogP contribution is -2.39. The van der Waals surface area contributed by atoms with Crippen molar-refractivity contribution in [1.29, 1.82) is 0 Å². The Morgan fingerprint density at radius 2 is 2.06 bits per heavy atom. The lowest BCUT2D eigenvalue weighted by Gasteiger charge is -2.36. The Hall–Kier alpha value is -1.13. The first kappa shape index (κ1) is 11.9. The van der Waals surface area contributed by atoms with E-state index in [1.54, 1.807) is 0 Å². The minimum Gasteiger partial charge on any atom is -0.310 e. The summed E-state index contributed by atoms with van der Waals surface area (Å²) in [5.41, 5.74) is 2.68. The van der Waals surface area contributed by atoms with E-state index in [4.69, 9.17) is 0 Å². The van der Waals surface area contributed by atoms with Gasteiger partial charge in [-0.15, -0.1) is 0 Å². The van der Waals surface area contributed by atoms with Gasteiger partial charge in [0.15, 0.2) is 0 Å². The first-order valence-corrected chi connectivity index (χ1v) is 7.07. The molecule has 0 radical (unpaired) electrons. The molecule has 1 aromatic heterocycles. The third-order valence-electron chi connectivity index (χ3n) is 3.63. The van der Waals surface area contributed by atoms with E-state index in [0.717, 1.165) is 16.9 Å². The van der Waals surface area contributed by atoms with Crippen molar-refractivity contribution in [3.8, 4) is 0 Å². The number of H-pyrrole nitrogens is 1. The highest BCUT2D eigenvalue weighted by atomic mass is 79.9. The van der Waals surface area contributed by atoms with E-state index >= 15 is 0 Å². The van der Waals surface area contributed by atoms with Crippen LogP contribution in [-0.2, 0) is 6.54 Å². The van der Waals surface area contributed by atoms with E-state index < -0.39 is 0 Å². The van der Waals surface area contributed by atoms with Gasteiger partial charge in [-0.05, 0) is 36.5 Å². The molecule has 4 heteroatoms. The fourth-order valence-corrected chi connectivity index (χ4v) is 2.69. The maximum Gasteiger partial charge on any atom is 0.0532 e. The number of nitrogens with one attached hydrogen (secondary N) is 2. The maximum atomic E-state index is 3.95. The highest BCUT2D eigenvalue weighted by Gasteiger charge is 2.29. The summed E-state index contributed by atoms with van der Waals surface area (Å²) in [5, 5.41) is 10.3. The molecule has 0 saturated heterocycles. The third-order valence-corrected chi connectivity index (χ3v) is 4.16. The van der Waals surface area contributed by atoms with Crippen molar-refractivity contribution in [3.63, 3.8) is 0 Å². The molecule has 0 atom stereocenters. The van der Waals surface area contributed by atoms with Crippen LogP contribution in [0.2, 0.25) is 0 Å². The van der Waals surface area contributed by atoms with Crippen LogP contribution >= 0.6 is 15.9 Å². The predicted molar refractivity (Wildman–Crippen MR) is 75.3 cm³/mol. The zero-order valence-electron chi connectivity index (χ0n) is 10.1. The van der Waals surface area contributed by atoms with Crippen molar-refractivity contribution < 1.29 is 0 Å². The van der Waals surface area contributed by atoms with Crippen molar-refractivity contribution in [3.05, 3.63) is 52.3 Å². The quantitative estimate of drug-likeness (QED) is 0.910. The molecule has 2 N–H and O–H groups in total. The fraction of sp³-hybridized carbons (Fsp3) is 0.357. The first-order valence-electron chi connectivity index (χ1n) is 6.28. The van der Waals surface area contributed by atoms with Crippen LogP contribution in [0.25, 0.3) is 0 Å². The van der Waals surface area contributed by atoms with E-state index in [0.29, 0.717) is 6.04 Å². The van der Waals surface area contributed by atoms with Gasteiger partial charge in [-0.1, -0.05) is 28.1 Å². The van der Waals surface area contributed by atoms with Crippen LogP contribution in [0.15, 0.2) is 41.1 Å². The van der Waals surface area contributed by atoms with Gasteiger partial charge < -0.3 is 5.32 Å². The molecule has 94 valence electrons. The van der Waals surface area contributed by atoms with Crippen LogP contribution in [0.3, 0.4) is 0 Å². The smallest absolute Gasteiger partial charge is 0.0532 e. The molecule has 2 aromatic rings. The lowest BCUT2D eigenvalue weighted by atomic mass is 9.76. The molecule has 0 unspecified atom stereocenters. The second-order valence-electron chi connectivity index (χ2n) is 4.90. The highest BCUT2D eigenvalue weighted by Crippen LogP contribution is 2.37. The zero-order chi connectivity index (χ0) is 12.4. The average molecular weight is 306 g/mol. The van der Waals surface area contributed by atoms with Crippen molar-refractivity contribution in [1.82, 2.24) is 15.5 Å². The molecule has 0 bridgehead atoms. The second kappa shape index (κ2) is 5.24. The van der Waals surface area contributed by atoms with Gasteiger partial charge in [0, 0.05) is 28.8 Å². The Bertz CT molecular complexity index is 486. The van der Waals surface area contributed by atoms with Crippen molar-refractivity contribution in [2.75, 3.05) is 0 Å². The molecule has 18 heavy (non-hydrogen) atoms. The molecule has 1 fully saturated rings. The first-order chi connectivity index (χ1) is 8.81. The standard InChI is InChI=1S/C14H16BrN3/c15-13-3-1-11(2-4-13)12-5-14(6-12)16-7-10-8-17-18-9-10/h1-4,8-9,12,14,16H,5-7H2,(H,17,18). The third kappa shape index (κ3) is 2.65. The summed E-state index contributed by atoms with van der Waals surface area (Å²) < 4.78 is 1.15. The van der Waals surface area contributed by atoms with E-state index in [1.165, 1.54) is 24.0 Å². The Balaban J connectivity index is 1.47. The Labute approximate surface area is 115 Å². The van der Waals surface area contributed by atoms with Crippen LogP contribution in [0.5, 0.6) is 0 Å². The molecule has 0 aliphatic heterocycles. The number of aromatic nitrogens is 2. The minimum atomic E-state index is 0.647. The van der Waals surface area contributed by atoms with Gasteiger partial charge in [-0.3, -0.25) is 5.10 Å². The highest BCUT2D eigenvalue weighted by molar-refractivity contribution is 9.10. The summed E-state index contributed by atoms with van der Waals surface area (Å²) in [5.74, 6) is 0.722. The lowest BCUT2D eigenvalue weighted by molar-refractivity contribution is 0.289. The Morgan fingerprint density at radius 1 is 1.28 bits per heavy atom. The van der Waals surface area contributed by atoms with E-state index in [9.17, 15) is 0 Å². The van der Waals surface area contributed by atoms with Crippen LogP contribution in [0.4, 0.5) is 0 Å². The zero-order valence-corrected chi connectivity index (χ0v) is 11.7. The molecule has 3 nitrogen and oxygen atoms in total. The normalized spacial score (nSPS) is 22.7. The fourth-order valence-electron chi connectivity index (χ4n) is 2.43. The number of hydrogen-bond acceptors (Lipinski definition) is 2. The second-order valence-corrected chi connectivity index (χ2v) is 5.82. The number of benzene rings is 1. The topological polar surface area (TPSA) is 40.7 Å². The van der Waals surface area contributed by atoms with Gasteiger partial charge in [0.05, 0.1) is 6.20 Å². The van der Waals surface area contributed by atoms with Crippen LogP contribution in [0.1, 0.15) is 29.9 Å². The monoisotopic (exact) mass is 305 g/mol. The average Bonchev–Trinajstić information content (AvgIpc) is 2.82. The van der Waals surface area contributed by atoms with Gasteiger partial charge in [0.2, 0.25) is 0 Å². The largest absolute Gasteiger partial charge is 0.310 e. The van der Waals surface area contributed by atoms with Gasteiger partial charge >= 0.3 is 0 Å². The molecular weight excluding hydrogens is 290 g/mol. The molecular formula is C14H16BrN3.